The predicted molar refractivity (Wildman–Crippen MR) is 105 cm³/mol. The molecule has 4 rings (SSSR count). The first kappa shape index (κ1) is 18.3. The average Bonchev–Trinajstić information content (AvgIpc) is 3.14. The molecule has 0 radical (unpaired) electrons. The van der Waals surface area contributed by atoms with Crippen molar-refractivity contribution in [1.82, 2.24) is 19.7 Å². The fourth-order valence-electron chi connectivity index (χ4n) is 2.85. The second-order valence-corrected chi connectivity index (χ2v) is 6.24. The van der Waals surface area contributed by atoms with Gasteiger partial charge in [0.1, 0.15) is 5.82 Å². The van der Waals surface area contributed by atoms with Gasteiger partial charge in [-0.25, -0.2) is 9.37 Å². The molecular weight excluding hydrogens is 373 g/mol. The van der Waals surface area contributed by atoms with E-state index in [4.69, 9.17) is 0 Å². The van der Waals surface area contributed by atoms with Crippen LogP contribution in [0.2, 0.25) is 0 Å². The van der Waals surface area contributed by atoms with Crippen molar-refractivity contribution in [2.24, 2.45) is 0 Å². The maximum atomic E-state index is 13.1. The van der Waals surface area contributed by atoms with Crippen LogP contribution in [0.15, 0.2) is 73.2 Å². The number of benzene rings is 1. The average molecular weight is 389 g/mol. The summed E-state index contributed by atoms with van der Waals surface area (Å²) in [4.78, 5) is 33.7. The molecule has 144 valence electrons. The lowest BCUT2D eigenvalue weighted by Crippen LogP contribution is -2.23. The minimum Gasteiger partial charge on any atom is -0.346 e. The van der Waals surface area contributed by atoms with Crippen LogP contribution < -0.4 is 10.6 Å². The van der Waals surface area contributed by atoms with Crippen molar-refractivity contribution in [3.05, 3.63) is 96.1 Å². The van der Waals surface area contributed by atoms with Crippen molar-refractivity contribution in [2.45, 2.75) is 6.54 Å². The fourth-order valence-corrected chi connectivity index (χ4v) is 2.85. The van der Waals surface area contributed by atoms with Crippen molar-refractivity contribution < 1.29 is 14.0 Å². The molecule has 0 saturated heterocycles. The molecule has 2 amide bonds. The molecule has 0 spiro atoms. The zero-order chi connectivity index (χ0) is 20.2. The predicted octanol–water partition coefficient (Wildman–Crippen LogP) is 3.05. The molecule has 0 saturated carbocycles. The minimum absolute atomic E-state index is 0.0523. The normalized spacial score (nSPS) is 10.7. The van der Waals surface area contributed by atoms with Gasteiger partial charge in [0, 0.05) is 30.8 Å². The highest BCUT2D eigenvalue weighted by Crippen LogP contribution is 2.16. The number of aromatic nitrogens is 3. The number of hydrogen-bond acceptors (Lipinski definition) is 4. The minimum atomic E-state index is -0.510. The van der Waals surface area contributed by atoms with Crippen LogP contribution in [0, 0.1) is 5.82 Å². The Kier molecular flexibility index (Phi) is 4.98. The molecule has 1 aromatic carbocycles. The summed E-state index contributed by atoms with van der Waals surface area (Å²) in [6.07, 6.45) is 4.97. The molecule has 3 heterocycles. The first-order valence-electron chi connectivity index (χ1n) is 8.83. The number of rotatable bonds is 5. The Balaban J connectivity index is 1.60. The summed E-state index contributed by atoms with van der Waals surface area (Å²) in [5.41, 5.74) is 1.91. The molecule has 3 aromatic heterocycles. The number of imidazole rings is 1. The molecule has 0 aliphatic rings. The number of carbonyl (C=O) groups excluding carboxylic acids is 2. The molecule has 0 unspecified atom stereocenters. The monoisotopic (exact) mass is 389 g/mol. The van der Waals surface area contributed by atoms with Crippen LogP contribution in [-0.4, -0.2) is 26.2 Å². The van der Waals surface area contributed by atoms with E-state index in [1.54, 1.807) is 42.9 Å². The number of halogens is 1. The molecule has 0 fully saturated rings. The summed E-state index contributed by atoms with van der Waals surface area (Å²) < 4.78 is 14.6. The lowest BCUT2D eigenvalue weighted by molar-refractivity contribution is 0.0948. The number of carbonyl (C=O) groups is 2. The Morgan fingerprint density at radius 1 is 1.00 bits per heavy atom. The van der Waals surface area contributed by atoms with Crippen molar-refractivity contribution in [1.29, 1.82) is 0 Å². The number of hydrogen-bond donors (Lipinski definition) is 2. The largest absolute Gasteiger partial charge is 0.346 e. The molecular formula is C21H16FN5O2. The molecule has 2 N–H and O–H groups in total. The van der Waals surface area contributed by atoms with Gasteiger partial charge in [0.05, 0.1) is 5.52 Å². The van der Waals surface area contributed by atoms with Crippen LogP contribution in [0.3, 0.4) is 0 Å². The number of pyridine rings is 2. The van der Waals surface area contributed by atoms with E-state index in [1.165, 1.54) is 28.7 Å². The third kappa shape index (κ3) is 3.96. The van der Waals surface area contributed by atoms with Crippen LogP contribution in [-0.2, 0) is 6.54 Å². The Bertz CT molecular complexity index is 1170. The van der Waals surface area contributed by atoms with Crippen LogP contribution in [0.25, 0.3) is 5.52 Å². The van der Waals surface area contributed by atoms with E-state index in [9.17, 15) is 14.0 Å². The third-order valence-electron chi connectivity index (χ3n) is 4.24. The lowest BCUT2D eigenvalue weighted by Gasteiger charge is -2.04. The number of nitrogens with zero attached hydrogens (tertiary/aromatic N) is 3. The van der Waals surface area contributed by atoms with Crippen LogP contribution in [0.4, 0.5) is 10.1 Å². The quantitative estimate of drug-likeness (QED) is 0.549. The van der Waals surface area contributed by atoms with Gasteiger partial charge in [-0.3, -0.25) is 19.0 Å². The molecule has 0 atom stereocenters. The molecule has 0 bridgehead atoms. The summed E-state index contributed by atoms with van der Waals surface area (Å²) in [6, 6.07) is 14.2. The number of anilines is 1. The van der Waals surface area contributed by atoms with Gasteiger partial charge in [0.15, 0.2) is 5.69 Å². The first-order valence-corrected chi connectivity index (χ1v) is 8.83. The lowest BCUT2D eigenvalue weighted by atomic mass is 10.2. The van der Waals surface area contributed by atoms with Gasteiger partial charge >= 0.3 is 0 Å². The summed E-state index contributed by atoms with van der Waals surface area (Å²) in [5.74, 6) is -1.26. The summed E-state index contributed by atoms with van der Waals surface area (Å²) in [7, 11) is 0. The Hall–Kier alpha value is -4.07. The Morgan fingerprint density at radius 3 is 2.59 bits per heavy atom. The van der Waals surface area contributed by atoms with E-state index < -0.39 is 17.6 Å². The Labute approximate surface area is 165 Å². The number of nitrogens with one attached hydrogen (secondary N) is 2. The van der Waals surface area contributed by atoms with Gasteiger partial charge in [0.2, 0.25) is 5.82 Å². The van der Waals surface area contributed by atoms with E-state index in [0.717, 1.165) is 5.56 Å². The second-order valence-electron chi connectivity index (χ2n) is 6.24. The molecule has 7 nitrogen and oxygen atoms in total. The van der Waals surface area contributed by atoms with E-state index in [1.807, 2.05) is 6.07 Å². The number of amides is 2. The number of fused-ring (bicyclic) bond motifs is 1. The van der Waals surface area contributed by atoms with E-state index in [-0.39, 0.29) is 18.1 Å². The molecule has 0 aliphatic heterocycles. The summed E-state index contributed by atoms with van der Waals surface area (Å²) in [5, 5.41) is 5.45. The van der Waals surface area contributed by atoms with Gasteiger partial charge in [-0.15, -0.1) is 0 Å². The first-order chi connectivity index (χ1) is 14.1. The Morgan fingerprint density at radius 2 is 1.83 bits per heavy atom. The summed E-state index contributed by atoms with van der Waals surface area (Å²) >= 11 is 0. The van der Waals surface area contributed by atoms with E-state index in [2.05, 4.69) is 20.6 Å². The highest BCUT2D eigenvalue weighted by Gasteiger charge is 2.21. The van der Waals surface area contributed by atoms with Gasteiger partial charge in [-0.2, -0.15) is 0 Å². The van der Waals surface area contributed by atoms with Gasteiger partial charge in [-0.1, -0.05) is 12.1 Å². The summed E-state index contributed by atoms with van der Waals surface area (Å²) in [6.45, 7) is 0.287. The van der Waals surface area contributed by atoms with Gasteiger partial charge < -0.3 is 10.6 Å². The standard InChI is InChI=1S/C21H16FN5O2/c22-15-6-8-16(9-7-15)25-21(29)19-26-18(17-5-1-2-11-27(17)19)20(28)24-13-14-4-3-10-23-12-14/h1-12H,13H2,(H,24,28)(H,25,29). The SMILES string of the molecule is O=C(NCc1cccnc1)c1nc(C(=O)Nc2ccc(F)cc2)n2ccccc12. The maximum Gasteiger partial charge on any atom is 0.292 e. The molecule has 4 aromatic rings. The van der Waals surface area contributed by atoms with Crippen LogP contribution >= 0.6 is 0 Å². The zero-order valence-electron chi connectivity index (χ0n) is 15.2. The van der Waals surface area contributed by atoms with Crippen molar-refractivity contribution >= 4 is 23.0 Å². The maximum absolute atomic E-state index is 13.1. The second kappa shape index (κ2) is 7.89. The molecule has 8 heteroatoms. The van der Waals surface area contributed by atoms with Gasteiger partial charge in [0.25, 0.3) is 11.8 Å². The van der Waals surface area contributed by atoms with Gasteiger partial charge in [-0.05, 0) is 48.0 Å². The third-order valence-corrected chi connectivity index (χ3v) is 4.24. The van der Waals surface area contributed by atoms with Crippen LogP contribution in [0.1, 0.15) is 26.7 Å². The topological polar surface area (TPSA) is 88.4 Å². The molecule has 0 aliphatic carbocycles. The van der Waals surface area contributed by atoms with Crippen molar-refractivity contribution in [2.75, 3.05) is 5.32 Å². The fraction of sp³-hybridized carbons (Fsp3) is 0.0476. The highest BCUT2D eigenvalue weighted by atomic mass is 19.1. The smallest absolute Gasteiger partial charge is 0.292 e. The van der Waals surface area contributed by atoms with E-state index in [0.29, 0.717) is 11.2 Å². The van der Waals surface area contributed by atoms with Crippen molar-refractivity contribution in [3.63, 3.8) is 0 Å². The highest BCUT2D eigenvalue weighted by molar-refractivity contribution is 6.06. The van der Waals surface area contributed by atoms with Crippen molar-refractivity contribution in [3.8, 4) is 0 Å². The molecule has 29 heavy (non-hydrogen) atoms. The van der Waals surface area contributed by atoms with Crippen LogP contribution in [0.5, 0.6) is 0 Å². The van der Waals surface area contributed by atoms with E-state index >= 15 is 0 Å². The zero-order valence-corrected chi connectivity index (χ0v) is 15.2.